The molecular formula is C17H20N3O2+. The fraction of sp³-hybridized carbons (Fsp3) is 0.235. The molecule has 0 radical (unpaired) electrons. The van der Waals surface area contributed by atoms with Crippen LogP contribution in [0.1, 0.15) is 17.3 Å². The van der Waals surface area contributed by atoms with Crippen molar-refractivity contribution < 1.29 is 14.2 Å². The van der Waals surface area contributed by atoms with Crippen molar-refractivity contribution in [1.82, 2.24) is 0 Å². The molecule has 5 nitrogen and oxygen atoms in total. The minimum Gasteiger partial charge on any atom is -0.377 e. The van der Waals surface area contributed by atoms with Gasteiger partial charge in [-0.2, -0.15) is 4.57 Å². The van der Waals surface area contributed by atoms with Crippen LogP contribution in [0.5, 0.6) is 0 Å². The Bertz CT molecular complexity index is 679. The molecule has 1 heterocycles. The summed E-state index contributed by atoms with van der Waals surface area (Å²) in [6, 6.07) is 10.8. The van der Waals surface area contributed by atoms with Gasteiger partial charge in [0.1, 0.15) is 0 Å². The molecule has 22 heavy (non-hydrogen) atoms. The molecule has 0 saturated heterocycles. The molecule has 1 amide bonds. The monoisotopic (exact) mass is 298 g/mol. The van der Waals surface area contributed by atoms with Gasteiger partial charge in [0.15, 0.2) is 18.2 Å². The lowest BCUT2D eigenvalue weighted by Crippen LogP contribution is -2.39. The fourth-order valence-electron chi connectivity index (χ4n) is 2.04. The van der Waals surface area contributed by atoms with Crippen molar-refractivity contribution in [2.75, 3.05) is 24.3 Å². The van der Waals surface area contributed by atoms with Crippen molar-refractivity contribution in [3.63, 3.8) is 0 Å². The SMILES string of the molecule is CC(=O)c1cccc(NC(=O)C[n+]2ccc(N(C)C)cc2)c1. The number of aromatic nitrogens is 1. The Labute approximate surface area is 130 Å². The molecule has 1 aromatic carbocycles. The van der Waals surface area contributed by atoms with Crippen molar-refractivity contribution in [2.24, 2.45) is 0 Å². The first-order chi connectivity index (χ1) is 10.5. The van der Waals surface area contributed by atoms with Crippen molar-refractivity contribution in [3.05, 3.63) is 54.4 Å². The molecule has 1 N–H and O–H groups in total. The maximum atomic E-state index is 12.1. The molecule has 0 unspecified atom stereocenters. The molecule has 0 atom stereocenters. The number of benzene rings is 1. The highest BCUT2D eigenvalue weighted by atomic mass is 16.2. The lowest BCUT2D eigenvalue weighted by Gasteiger charge is -2.10. The van der Waals surface area contributed by atoms with E-state index in [0.717, 1.165) is 5.69 Å². The number of nitrogens with zero attached hydrogens (tertiary/aromatic N) is 2. The summed E-state index contributed by atoms with van der Waals surface area (Å²) in [5.41, 5.74) is 2.29. The Morgan fingerprint density at radius 3 is 2.41 bits per heavy atom. The highest BCUT2D eigenvalue weighted by Gasteiger charge is 2.10. The van der Waals surface area contributed by atoms with E-state index in [1.807, 2.05) is 43.5 Å². The van der Waals surface area contributed by atoms with Crippen LogP contribution in [-0.4, -0.2) is 25.8 Å². The van der Waals surface area contributed by atoms with E-state index >= 15 is 0 Å². The second kappa shape index (κ2) is 6.85. The van der Waals surface area contributed by atoms with E-state index in [2.05, 4.69) is 5.32 Å². The molecule has 0 saturated carbocycles. The summed E-state index contributed by atoms with van der Waals surface area (Å²) in [6.07, 6.45) is 3.72. The summed E-state index contributed by atoms with van der Waals surface area (Å²) in [6.45, 7) is 1.72. The lowest BCUT2D eigenvalue weighted by atomic mass is 10.1. The molecule has 0 bridgehead atoms. The van der Waals surface area contributed by atoms with E-state index in [0.29, 0.717) is 11.3 Å². The van der Waals surface area contributed by atoms with E-state index in [1.165, 1.54) is 6.92 Å². The molecule has 2 rings (SSSR count). The molecule has 114 valence electrons. The van der Waals surface area contributed by atoms with Gasteiger partial charge in [0, 0.05) is 43.2 Å². The Balaban J connectivity index is 2.00. The molecule has 0 spiro atoms. The van der Waals surface area contributed by atoms with Crippen LogP contribution < -0.4 is 14.8 Å². The Kier molecular flexibility index (Phi) is 4.88. The molecule has 0 fully saturated rings. The summed E-state index contributed by atoms with van der Waals surface area (Å²) in [7, 11) is 3.93. The third-order valence-corrected chi connectivity index (χ3v) is 3.27. The first kappa shape index (κ1) is 15.7. The van der Waals surface area contributed by atoms with Crippen LogP contribution in [0.15, 0.2) is 48.8 Å². The van der Waals surface area contributed by atoms with Gasteiger partial charge in [0.05, 0.1) is 0 Å². The highest BCUT2D eigenvalue weighted by molar-refractivity contribution is 5.96. The summed E-state index contributed by atoms with van der Waals surface area (Å²) < 4.78 is 1.80. The molecule has 2 aromatic rings. The molecule has 0 aliphatic rings. The second-order valence-corrected chi connectivity index (χ2v) is 5.31. The smallest absolute Gasteiger partial charge is 0.290 e. The van der Waals surface area contributed by atoms with Gasteiger partial charge < -0.3 is 10.2 Å². The quantitative estimate of drug-likeness (QED) is 0.677. The number of hydrogen-bond acceptors (Lipinski definition) is 3. The zero-order valence-electron chi connectivity index (χ0n) is 13.0. The van der Waals surface area contributed by atoms with E-state index in [-0.39, 0.29) is 18.2 Å². The predicted molar refractivity (Wildman–Crippen MR) is 86.0 cm³/mol. The van der Waals surface area contributed by atoms with Gasteiger partial charge in [-0.1, -0.05) is 12.1 Å². The summed E-state index contributed by atoms with van der Waals surface area (Å²) in [5.74, 6) is -0.159. The largest absolute Gasteiger partial charge is 0.377 e. The van der Waals surface area contributed by atoms with Crippen LogP contribution in [0.25, 0.3) is 0 Å². The van der Waals surface area contributed by atoms with Crippen LogP contribution in [0.4, 0.5) is 11.4 Å². The average Bonchev–Trinajstić information content (AvgIpc) is 2.47. The van der Waals surface area contributed by atoms with Crippen molar-refractivity contribution in [1.29, 1.82) is 0 Å². The van der Waals surface area contributed by atoms with Gasteiger partial charge in [-0.25, -0.2) is 0 Å². The minimum atomic E-state index is -0.136. The molecular weight excluding hydrogens is 278 g/mol. The van der Waals surface area contributed by atoms with Crippen LogP contribution in [0.2, 0.25) is 0 Å². The summed E-state index contributed by atoms with van der Waals surface area (Å²) in [5, 5.41) is 2.80. The fourth-order valence-corrected chi connectivity index (χ4v) is 2.04. The van der Waals surface area contributed by atoms with Gasteiger partial charge in [0.25, 0.3) is 5.91 Å². The minimum absolute atomic E-state index is 0.0234. The summed E-state index contributed by atoms with van der Waals surface area (Å²) in [4.78, 5) is 25.4. The van der Waals surface area contributed by atoms with Gasteiger partial charge in [-0.3, -0.25) is 9.59 Å². The maximum Gasteiger partial charge on any atom is 0.290 e. The first-order valence-corrected chi connectivity index (χ1v) is 7.03. The molecule has 1 aromatic heterocycles. The van der Waals surface area contributed by atoms with Crippen molar-refractivity contribution in [2.45, 2.75) is 13.5 Å². The van der Waals surface area contributed by atoms with Crippen molar-refractivity contribution >= 4 is 23.1 Å². The maximum absolute atomic E-state index is 12.1. The number of anilines is 2. The van der Waals surface area contributed by atoms with Crippen LogP contribution in [0, 0.1) is 0 Å². The van der Waals surface area contributed by atoms with E-state index in [9.17, 15) is 9.59 Å². The lowest BCUT2D eigenvalue weighted by molar-refractivity contribution is -0.684. The standard InChI is InChI=1S/C17H19N3O2/c1-13(21)14-5-4-6-15(11-14)18-17(22)12-20-9-7-16(8-10-20)19(2)3/h4-11H,12H2,1-3H3/p+1. The number of amides is 1. The number of nitrogens with one attached hydrogen (secondary N) is 1. The number of hydrogen-bond donors (Lipinski definition) is 1. The number of rotatable bonds is 5. The second-order valence-electron chi connectivity index (χ2n) is 5.31. The normalized spacial score (nSPS) is 10.1. The van der Waals surface area contributed by atoms with Crippen LogP contribution >= 0.6 is 0 Å². The van der Waals surface area contributed by atoms with Crippen molar-refractivity contribution in [3.8, 4) is 0 Å². The summed E-state index contributed by atoms with van der Waals surface area (Å²) >= 11 is 0. The zero-order chi connectivity index (χ0) is 16.1. The number of Topliss-reactive ketones (excluding diaryl/α,β-unsaturated/α-hetero) is 1. The average molecular weight is 298 g/mol. The van der Waals surface area contributed by atoms with E-state index in [4.69, 9.17) is 0 Å². The number of ketones is 1. The van der Waals surface area contributed by atoms with Crippen LogP contribution in [0.3, 0.4) is 0 Å². The number of pyridine rings is 1. The number of carbonyl (C=O) groups is 2. The predicted octanol–water partition coefficient (Wildman–Crippen LogP) is 1.88. The number of carbonyl (C=O) groups excluding carboxylic acids is 2. The van der Waals surface area contributed by atoms with Gasteiger partial charge in [0.2, 0.25) is 6.54 Å². The Morgan fingerprint density at radius 1 is 1.14 bits per heavy atom. The molecule has 5 heteroatoms. The Morgan fingerprint density at radius 2 is 1.82 bits per heavy atom. The van der Waals surface area contributed by atoms with E-state index < -0.39 is 0 Å². The molecule has 0 aliphatic heterocycles. The zero-order valence-corrected chi connectivity index (χ0v) is 13.0. The topological polar surface area (TPSA) is 53.3 Å². The Hall–Kier alpha value is -2.69. The van der Waals surface area contributed by atoms with Gasteiger partial charge in [-0.05, 0) is 19.1 Å². The third-order valence-electron chi connectivity index (χ3n) is 3.27. The van der Waals surface area contributed by atoms with Gasteiger partial charge >= 0.3 is 0 Å². The first-order valence-electron chi connectivity index (χ1n) is 7.03. The third kappa shape index (κ3) is 4.15. The van der Waals surface area contributed by atoms with Gasteiger partial charge in [-0.15, -0.1) is 0 Å². The highest BCUT2D eigenvalue weighted by Crippen LogP contribution is 2.11. The van der Waals surface area contributed by atoms with Crippen LogP contribution in [-0.2, 0) is 11.3 Å². The molecule has 0 aliphatic carbocycles. The van der Waals surface area contributed by atoms with E-state index in [1.54, 1.807) is 28.8 Å².